The SMILES string of the molecule is Cc1cc(C)n(-c2ccccc2)n1.Cc1cccc2ncccc12. The van der Waals surface area contributed by atoms with Crippen molar-refractivity contribution in [3.8, 4) is 5.69 Å². The van der Waals surface area contributed by atoms with Crippen LogP contribution in [-0.2, 0) is 0 Å². The summed E-state index contributed by atoms with van der Waals surface area (Å²) in [7, 11) is 0. The monoisotopic (exact) mass is 315 g/mol. The second kappa shape index (κ2) is 7.09. The van der Waals surface area contributed by atoms with Crippen molar-refractivity contribution < 1.29 is 0 Å². The molecular formula is C21H21N3. The van der Waals surface area contributed by atoms with Crippen LogP contribution < -0.4 is 0 Å². The Labute approximate surface area is 142 Å². The van der Waals surface area contributed by atoms with Crippen molar-refractivity contribution in [1.29, 1.82) is 0 Å². The van der Waals surface area contributed by atoms with E-state index in [0.29, 0.717) is 0 Å². The molecule has 0 bridgehead atoms. The van der Waals surface area contributed by atoms with Crippen LogP contribution in [0.2, 0.25) is 0 Å². The number of rotatable bonds is 1. The van der Waals surface area contributed by atoms with E-state index in [1.54, 1.807) is 0 Å². The summed E-state index contributed by atoms with van der Waals surface area (Å²) in [5.74, 6) is 0. The van der Waals surface area contributed by atoms with E-state index in [0.717, 1.165) is 16.9 Å². The third-order valence-corrected chi connectivity index (χ3v) is 3.87. The fraction of sp³-hybridized carbons (Fsp3) is 0.143. The van der Waals surface area contributed by atoms with Crippen molar-refractivity contribution >= 4 is 10.9 Å². The van der Waals surface area contributed by atoms with E-state index < -0.39 is 0 Å². The zero-order valence-electron chi connectivity index (χ0n) is 14.3. The van der Waals surface area contributed by atoms with Gasteiger partial charge in [-0.3, -0.25) is 4.98 Å². The smallest absolute Gasteiger partial charge is 0.0704 e. The standard InChI is InChI=1S/C11H12N2.C10H9N/c1-9-8-10(2)13(12-9)11-6-4-3-5-7-11;1-8-4-2-6-10-9(8)5-3-7-11-10/h3-8H,1-2H3;2-7H,1H3. The Balaban J connectivity index is 0.000000143. The molecule has 4 aromatic rings. The molecule has 0 amide bonds. The van der Waals surface area contributed by atoms with Crippen LogP contribution in [0.1, 0.15) is 17.0 Å². The Morgan fingerprint density at radius 2 is 1.58 bits per heavy atom. The fourth-order valence-corrected chi connectivity index (χ4v) is 2.72. The van der Waals surface area contributed by atoms with Crippen LogP contribution in [0.3, 0.4) is 0 Å². The van der Waals surface area contributed by atoms with Gasteiger partial charge < -0.3 is 0 Å². The number of nitrogens with zero attached hydrogens (tertiary/aromatic N) is 3. The highest BCUT2D eigenvalue weighted by atomic mass is 15.3. The number of pyridine rings is 1. The Bertz CT molecular complexity index is 934. The van der Waals surface area contributed by atoms with Crippen molar-refractivity contribution in [2.45, 2.75) is 20.8 Å². The van der Waals surface area contributed by atoms with Crippen molar-refractivity contribution in [3.05, 3.63) is 89.9 Å². The third kappa shape index (κ3) is 3.51. The summed E-state index contributed by atoms with van der Waals surface area (Å²) in [6.45, 7) is 6.17. The molecule has 3 nitrogen and oxygen atoms in total. The average molecular weight is 315 g/mol. The van der Waals surface area contributed by atoms with E-state index in [-0.39, 0.29) is 0 Å². The minimum Gasteiger partial charge on any atom is -0.256 e. The predicted octanol–water partition coefficient (Wildman–Crippen LogP) is 5.03. The summed E-state index contributed by atoms with van der Waals surface area (Å²) < 4.78 is 1.95. The lowest BCUT2D eigenvalue weighted by molar-refractivity contribution is 0.833. The van der Waals surface area contributed by atoms with E-state index in [9.17, 15) is 0 Å². The Morgan fingerprint density at radius 3 is 2.25 bits per heavy atom. The molecule has 0 N–H and O–H groups in total. The highest BCUT2D eigenvalue weighted by molar-refractivity contribution is 5.81. The van der Waals surface area contributed by atoms with Crippen molar-refractivity contribution in [2.24, 2.45) is 0 Å². The van der Waals surface area contributed by atoms with E-state index >= 15 is 0 Å². The van der Waals surface area contributed by atoms with Gasteiger partial charge in [-0.1, -0.05) is 36.4 Å². The van der Waals surface area contributed by atoms with Crippen LogP contribution in [0.5, 0.6) is 0 Å². The van der Waals surface area contributed by atoms with Crippen LogP contribution in [-0.4, -0.2) is 14.8 Å². The van der Waals surface area contributed by atoms with Gasteiger partial charge in [0.05, 0.1) is 16.9 Å². The molecule has 0 atom stereocenters. The minimum atomic E-state index is 1.06. The topological polar surface area (TPSA) is 30.7 Å². The first-order valence-corrected chi connectivity index (χ1v) is 8.04. The first-order chi connectivity index (χ1) is 11.6. The molecule has 2 aromatic heterocycles. The molecule has 0 saturated heterocycles. The Kier molecular flexibility index (Phi) is 4.71. The molecular weight excluding hydrogens is 294 g/mol. The van der Waals surface area contributed by atoms with Gasteiger partial charge >= 0.3 is 0 Å². The molecule has 120 valence electrons. The summed E-state index contributed by atoms with van der Waals surface area (Å²) in [6.07, 6.45) is 1.82. The van der Waals surface area contributed by atoms with Gasteiger partial charge in [0.15, 0.2) is 0 Å². The molecule has 3 heteroatoms. The zero-order chi connectivity index (χ0) is 16.9. The summed E-state index contributed by atoms with van der Waals surface area (Å²) in [5.41, 5.74) is 5.71. The van der Waals surface area contributed by atoms with Gasteiger partial charge in [-0.15, -0.1) is 0 Å². The van der Waals surface area contributed by atoms with E-state index in [2.05, 4.69) is 54.3 Å². The summed E-state index contributed by atoms with van der Waals surface area (Å²) in [5, 5.41) is 5.64. The van der Waals surface area contributed by atoms with Gasteiger partial charge in [0.2, 0.25) is 0 Å². The largest absolute Gasteiger partial charge is 0.256 e. The third-order valence-electron chi connectivity index (χ3n) is 3.87. The number of para-hydroxylation sites is 1. The van der Waals surface area contributed by atoms with Crippen LogP contribution in [0.25, 0.3) is 16.6 Å². The number of hydrogen-bond acceptors (Lipinski definition) is 2. The lowest BCUT2D eigenvalue weighted by Gasteiger charge is -2.02. The molecule has 4 rings (SSSR count). The molecule has 24 heavy (non-hydrogen) atoms. The molecule has 2 heterocycles. The highest BCUT2D eigenvalue weighted by Crippen LogP contribution is 2.14. The first kappa shape index (κ1) is 15.9. The molecule has 2 aromatic carbocycles. The van der Waals surface area contributed by atoms with Gasteiger partial charge in [-0.2, -0.15) is 5.10 Å². The number of hydrogen-bond donors (Lipinski definition) is 0. The second-order valence-electron chi connectivity index (χ2n) is 5.82. The molecule has 0 saturated carbocycles. The van der Waals surface area contributed by atoms with Gasteiger partial charge in [0, 0.05) is 17.3 Å². The van der Waals surface area contributed by atoms with E-state index in [4.69, 9.17) is 0 Å². The molecule has 0 aliphatic rings. The fourth-order valence-electron chi connectivity index (χ4n) is 2.72. The zero-order valence-corrected chi connectivity index (χ0v) is 14.3. The number of aromatic nitrogens is 3. The molecule has 0 aliphatic heterocycles. The van der Waals surface area contributed by atoms with Crippen LogP contribution in [0.15, 0.2) is 72.9 Å². The number of benzene rings is 2. The van der Waals surface area contributed by atoms with Crippen molar-refractivity contribution in [2.75, 3.05) is 0 Å². The number of fused-ring (bicyclic) bond motifs is 1. The Hall–Kier alpha value is -2.94. The molecule has 0 fully saturated rings. The maximum absolute atomic E-state index is 4.40. The lowest BCUT2D eigenvalue weighted by Crippen LogP contribution is -1.97. The predicted molar refractivity (Wildman–Crippen MR) is 99.5 cm³/mol. The van der Waals surface area contributed by atoms with Crippen LogP contribution in [0, 0.1) is 20.8 Å². The first-order valence-electron chi connectivity index (χ1n) is 8.04. The summed E-state index contributed by atoms with van der Waals surface area (Å²) in [6, 6.07) is 22.5. The molecule has 0 aliphatic carbocycles. The van der Waals surface area contributed by atoms with Crippen LogP contribution >= 0.6 is 0 Å². The summed E-state index contributed by atoms with van der Waals surface area (Å²) in [4.78, 5) is 4.24. The van der Waals surface area contributed by atoms with Crippen molar-refractivity contribution in [3.63, 3.8) is 0 Å². The van der Waals surface area contributed by atoms with E-state index in [1.807, 2.05) is 54.2 Å². The van der Waals surface area contributed by atoms with Gasteiger partial charge in [-0.25, -0.2) is 4.68 Å². The molecule has 0 unspecified atom stereocenters. The quantitative estimate of drug-likeness (QED) is 0.493. The molecule has 0 spiro atoms. The lowest BCUT2D eigenvalue weighted by atomic mass is 10.1. The van der Waals surface area contributed by atoms with Crippen molar-refractivity contribution in [1.82, 2.24) is 14.8 Å². The van der Waals surface area contributed by atoms with Gasteiger partial charge in [-0.05, 0) is 56.7 Å². The minimum absolute atomic E-state index is 1.06. The Morgan fingerprint density at radius 1 is 0.792 bits per heavy atom. The summed E-state index contributed by atoms with van der Waals surface area (Å²) >= 11 is 0. The average Bonchev–Trinajstić information content (AvgIpc) is 2.95. The number of aryl methyl sites for hydroxylation is 3. The maximum atomic E-state index is 4.40. The molecule has 0 radical (unpaired) electrons. The van der Waals surface area contributed by atoms with Gasteiger partial charge in [0.25, 0.3) is 0 Å². The van der Waals surface area contributed by atoms with E-state index in [1.165, 1.54) is 16.6 Å². The maximum Gasteiger partial charge on any atom is 0.0704 e. The highest BCUT2D eigenvalue weighted by Gasteiger charge is 2.01. The van der Waals surface area contributed by atoms with Crippen LogP contribution in [0.4, 0.5) is 0 Å². The van der Waals surface area contributed by atoms with Gasteiger partial charge in [0.1, 0.15) is 0 Å². The second-order valence-corrected chi connectivity index (χ2v) is 5.82. The normalized spacial score (nSPS) is 10.3.